The maximum absolute atomic E-state index is 13.2. The fraction of sp³-hybridized carbons (Fsp3) is 0.300. The number of nitrogen functional groups attached to an aromatic ring is 1. The van der Waals surface area contributed by atoms with Crippen LogP contribution in [0.4, 0.5) is 10.1 Å². The predicted molar refractivity (Wildman–Crippen MR) is 52.0 cm³/mol. The number of rotatable bonds is 3. The summed E-state index contributed by atoms with van der Waals surface area (Å²) in [6.07, 6.45) is -3.02. The molecule has 0 fully saturated rings. The van der Waals surface area contributed by atoms with E-state index >= 15 is 0 Å². The van der Waals surface area contributed by atoms with Crippen molar-refractivity contribution in [2.75, 3.05) is 5.73 Å². The third-order valence-electron chi connectivity index (χ3n) is 2.00. The zero-order valence-corrected chi connectivity index (χ0v) is 7.89. The fourth-order valence-corrected chi connectivity index (χ4v) is 1.20. The summed E-state index contributed by atoms with van der Waals surface area (Å²) in [6.45, 7) is 0. The molecule has 0 aliphatic carbocycles. The van der Waals surface area contributed by atoms with Crippen LogP contribution < -0.4 is 5.73 Å². The molecule has 1 aromatic carbocycles. The van der Waals surface area contributed by atoms with Crippen molar-refractivity contribution in [1.29, 1.82) is 5.26 Å². The average molecular weight is 210 g/mol. The van der Waals surface area contributed by atoms with Crippen LogP contribution in [0.15, 0.2) is 18.2 Å². The number of halogens is 1. The smallest absolute Gasteiger partial charge is 0.129 e. The minimum Gasteiger partial charge on any atom is -0.399 e. The Bertz CT molecular complexity index is 389. The maximum atomic E-state index is 13.2. The van der Waals surface area contributed by atoms with E-state index in [-0.39, 0.29) is 17.7 Å². The first-order valence-electron chi connectivity index (χ1n) is 4.34. The van der Waals surface area contributed by atoms with Gasteiger partial charge in [0.2, 0.25) is 0 Å². The van der Waals surface area contributed by atoms with Crippen molar-refractivity contribution < 1.29 is 14.6 Å². The summed E-state index contributed by atoms with van der Waals surface area (Å²) >= 11 is 0. The lowest BCUT2D eigenvalue weighted by molar-refractivity contribution is 0.0195. The number of nitrogens with zero attached hydrogens (tertiary/aromatic N) is 1. The lowest BCUT2D eigenvalue weighted by Crippen LogP contribution is -2.18. The summed E-state index contributed by atoms with van der Waals surface area (Å²) in [4.78, 5) is 0. The fourth-order valence-electron chi connectivity index (χ4n) is 1.20. The van der Waals surface area contributed by atoms with Gasteiger partial charge in [-0.2, -0.15) is 5.26 Å². The van der Waals surface area contributed by atoms with Gasteiger partial charge in [0.15, 0.2) is 0 Å². The molecule has 2 unspecified atom stereocenters. The lowest BCUT2D eigenvalue weighted by Gasteiger charge is -2.16. The second kappa shape index (κ2) is 4.73. The molecule has 15 heavy (non-hydrogen) atoms. The highest BCUT2D eigenvalue weighted by atomic mass is 19.1. The Hall–Kier alpha value is -1.64. The first-order valence-corrected chi connectivity index (χ1v) is 4.34. The molecule has 1 rings (SSSR count). The molecular formula is C10H11FN2O2. The number of hydrogen-bond donors (Lipinski definition) is 3. The quantitative estimate of drug-likeness (QED) is 0.641. The standard InChI is InChI=1S/C10H11FN2O2/c11-8-2-1-6(13)5-7(8)10(15)9(14)3-4-12/h1-2,5,9-10,14-15H,3,13H2. The number of benzene rings is 1. The van der Waals surface area contributed by atoms with Crippen molar-refractivity contribution in [2.45, 2.75) is 18.6 Å². The molecule has 0 amide bonds. The first kappa shape index (κ1) is 11.4. The Morgan fingerprint density at radius 3 is 2.73 bits per heavy atom. The van der Waals surface area contributed by atoms with Crippen LogP contribution in [-0.2, 0) is 0 Å². The number of nitrogens with two attached hydrogens (primary N) is 1. The van der Waals surface area contributed by atoms with E-state index in [0.29, 0.717) is 0 Å². The number of anilines is 1. The van der Waals surface area contributed by atoms with Crippen LogP contribution in [0.3, 0.4) is 0 Å². The molecule has 0 aliphatic heterocycles. The Kier molecular flexibility index (Phi) is 3.61. The highest BCUT2D eigenvalue weighted by molar-refractivity contribution is 5.42. The number of hydrogen-bond acceptors (Lipinski definition) is 4. The highest BCUT2D eigenvalue weighted by Gasteiger charge is 2.21. The molecule has 1 aromatic rings. The highest BCUT2D eigenvalue weighted by Crippen LogP contribution is 2.23. The van der Waals surface area contributed by atoms with E-state index in [1.54, 1.807) is 6.07 Å². The largest absolute Gasteiger partial charge is 0.399 e. The molecule has 0 saturated heterocycles. The van der Waals surface area contributed by atoms with Crippen molar-refractivity contribution in [2.24, 2.45) is 0 Å². The number of aliphatic hydroxyl groups is 2. The predicted octanol–water partition coefficient (Wildman–Crippen LogP) is 0.716. The Morgan fingerprint density at radius 2 is 2.13 bits per heavy atom. The molecule has 0 radical (unpaired) electrons. The van der Waals surface area contributed by atoms with E-state index in [1.807, 2.05) is 0 Å². The van der Waals surface area contributed by atoms with Crippen molar-refractivity contribution >= 4 is 5.69 Å². The van der Waals surface area contributed by atoms with E-state index in [0.717, 1.165) is 6.07 Å². The first-order chi connectivity index (χ1) is 7.06. The van der Waals surface area contributed by atoms with E-state index in [1.165, 1.54) is 12.1 Å². The molecule has 5 heteroatoms. The zero-order valence-electron chi connectivity index (χ0n) is 7.89. The van der Waals surface area contributed by atoms with Gasteiger partial charge in [-0.15, -0.1) is 0 Å². The van der Waals surface area contributed by atoms with Gasteiger partial charge in [0.25, 0.3) is 0 Å². The molecule has 4 nitrogen and oxygen atoms in total. The van der Waals surface area contributed by atoms with Gasteiger partial charge in [-0.1, -0.05) is 0 Å². The van der Waals surface area contributed by atoms with Crippen LogP contribution in [0.5, 0.6) is 0 Å². The monoisotopic (exact) mass is 210 g/mol. The van der Waals surface area contributed by atoms with Gasteiger partial charge in [-0.05, 0) is 18.2 Å². The lowest BCUT2D eigenvalue weighted by atomic mass is 10.0. The average Bonchev–Trinajstić information content (AvgIpc) is 2.21. The Labute approximate surface area is 86.4 Å². The van der Waals surface area contributed by atoms with Gasteiger partial charge in [-0.3, -0.25) is 0 Å². The number of nitriles is 1. The third kappa shape index (κ3) is 2.65. The molecule has 80 valence electrons. The molecule has 0 aromatic heterocycles. The van der Waals surface area contributed by atoms with Gasteiger partial charge in [0.05, 0.1) is 18.6 Å². The van der Waals surface area contributed by atoms with Gasteiger partial charge in [-0.25, -0.2) is 4.39 Å². The van der Waals surface area contributed by atoms with Crippen LogP contribution in [0, 0.1) is 17.1 Å². The zero-order chi connectivity index (χ0) is 11.4. The van der Waals surface area contributed by atoms with E-state index in [4.69, 9.17) is 11.0 Å². The Balaban J connectivity index is 2.95. The van der Waals surface area contributed by atoms with E-state index < -0.39 is 18.0 Å². The Morgan fingerprint density at radius 1 is 1.47 bits per heavy atom. The molecule has 0 heterocycles. The summed E-state index contributed by atoms with van der Waals surface area (Å²) in [5.41, 5.74) is 5.60. The topological polar surface area (TPSA) is 90.3 Å². The SMILES string of the molecule is N#CCC(O)C(O)c1cc(N)ccc1F. The summed E-state index contributed by atoms with van der Waals surface area (Å²) < 4.78 is 13.2. The molecular weight excluding hydrogens is 199 g/mol. The summed E-state index contributed by atoms with van der Waals surface area (Å²) in [5.74, 6) is -0.659. The molecule has 4 N–H and O–H groups in total. The van der Waals surface area contributed by atoms with Gasteiger partial charge < -0.3 is 15.9 Å². The summed E-state index contributed by atoms with van der Waals surface area (Å²) in [5, 5.41) is 27.2. The van der Waals surface area contributed by atoms with E-state index in [9.17, 15) is 14.6 Å². The van der Waals surface area contributed by atoms with Gasteiger partial charge in [0.1, 0.15) is 11.9 Å². The van der Waals surface area contributed by atoms with Gasteiger partial charge in [0, 0.05) is 11.3 Å². The van der Waals surface area contributed by atoms with Crippen molar-refractivity contribution in [3.05, 3.63) is 29.6 Å². The summed E-state index contributed by atoms with van der Waals surface area (Å²) in [6, 6.07) is 5.38. The minimum absolute atomic E-state index is 0.0993. The normalized spacial score (nSPS) is 14.3. The molecule has 0 bridgehead atoms. The third-order valence-corrected chi connectivity index (χ3v) is 2.00. The molecule has 2 atom stereocenters. The molecule has 0 spiro atoms. The number of aliphatic hydroxyl groups excluding tert-OH is 2. The van der Waals surface area contributed by atoms with Crippen LogP contribution in [-0.4, -0.2) is 16.3 Å². The second-order valence-corrected chi connectivity index (χ2v) is 3.16. The van der Waals surface area contributed by atoms with Crippen molar-refractivity contribution in [3.63, 3.8) is 0 Å². The minimum atomic E-state index is -1.44. The van der Waals surface area contributed by atoms with E-state index in [2.05, 4.69) is 0 Å². The van der Waals surface area contributed by atoms with Crippen LogP contribution in [0.2, 0.25) is 0 Å². The molecule has 0 saturated carbocycles. The van der Waals surface area contributed by atoms with Crippen LogP contribution >= 0.6 is 0 Å². The second-order valence-electron chi connectivity index (χ2n) is 3.16. The molecule has 0 aliphatic rings. The maximum Gasteiger partial charge on any atom is 0.129 e. The van der Waals surface area contributed by atoms with Crippen molar-refractivity contribution in [3.8, 4) is 6.07 Å². The van der Waals surface area contributed by atoms with Crippen molar-refractivity contribution in [1.82, 2.24) is 0 Å². The van der Waals surface area contributed by atoms with Gasteiger partial charge >= 0.3 is 0 Å². The summed E-state index contributed by atoms with van der Waals surface area (Å²) in [7, 11) is 0. The van der Waals surface area contributed by atoms with Crippen LogP contribution in [0.25, 0.3) is 0 Å². The van der Waals surface area contributed by atoms with Crippen LogP contribution in [0.1, 0.15) is 18.1 Å².